The second-order valence-corrected chi connectivity index (χ2v) is 4.46. The molecule has 14 heavy (non-hydrogen) atoms. The van der Waals surface area contributed by atoms with Crippen LogP contribution in [0.4, 0.5) is 0 Å². The highest BCUT2D eigenvalue weighted by Crippen LogP contribution is 2.35. The van der Waals surface area contributed by atoms with E-state index < -0.39 is 5.60 Å². The van der Waals surface area contributed by atoms with Crippen LogP contribution in [0.25, 0.3) is 0 Å². The molecule has 3 nitrogen and oxygen atoms in total. The number of aliphatic hydroxyl groups is 1. The first-order chi connectivity index (χ1) is 6.81. The Morgan fingerprint density at radius 3 is 2.43 bits per heavy atom. The molecule has 1 unspecified atom stereocenters. The molecule has 0 saturated carbocycles. The van der Waals surface area contributed by atoms with Crippen molar-refractivity contribution in [2.24, 2.45) is 5.92 Å². The summed E-state index contributed by atoms with van der Waals surface area (Å²) < 4.78 is 10.7. The van der Waals surface area contributed by atoms with Crippen LogP contribution in [0, 0.1) is 5.92 Å². The molecule has 2 rings (SSSR count). The highest BCUT2D eigenvalue weighted by atomic mass is 16.5. The summed E-state index contributed by atoms with van der Waals surface area (Å²) in [5, 5.41) is 10.5. The Kier molecular flexibility index (Phi) is 3.42. The van der Waals surface area contributed by atoms with Crippen LogP contribution in [-0.2, 0) is 9.47 Å². The first-order valence-electron chi connectivity index (χ1n) is 5.69. The van der Waals surface area contributed by atoms with Gasteiger partial charge in [0, 0.05) is 26.4 Å². The molecule has 0 aromatic heterocycles. The average Bonchev–Trinajstić information content (AvgIpc) is 2.46. The molecule has 2 heterocycles. The Labute approximate surface area is 85.4 Å². The van der Waals surface area contributed by atoms with Crippen molar-refractivity contribution in [3.05, 3.63) is 0 Å². The summed E-state index contributed by atoms with van der Waals surface area (Å²) in [4.78, 5) is 0. The normalized spacial score (nSPS) is 36.6. The maximum atomic E-state index is 10.5. The first kappa shape index (κ1) is 10.4. The van der Waals surface area contributed by atoms with E-state index in [1.165, 1.54) is 0 Å². The Hall–Kier alpha value is -0.120. The van der Waals surface area contributed by atoms with E-state index in [0.29, 0.717) is 12.5 Å². The Bertz CT molecular complexity index is 167. The topological polar surface area (TPSA) is 38.7 Å². The molecule has 2 saturated heterocycles. The number of hydrogen-bond donors (Lipinski definition) is 1. The van der Waals surface area contributed by atoms with E-state index in [9.17, 15) is 5.11 Å². The summed E-state index contributed by atoms with van der Waals surface area (Å²) in [7, 11) is 0. The fraction of sp³-hybridized carbons (Fsp3) is 1.00. The molecule has 1 atom stereocenters. The fourth-order valence-electron chi connectivity index (χ4n) is 2.60. The quantitative estimate of drug-likeness (QED) is 0.694. The van der Waals surface area contributed by atoms with Crippen LogP contribution >= 0.6 is 0 Å². The fourth-order valence-corrected chi connectivity index (χ4v) is 2.60. The van der Waals surface area contributed by atoms with Gasteiger partial charge in [0.25, 0.3) is 0 Å². The Morgan fingerprint density at radius 2 is 1.64 bits per heavy atom. The van der Waals surface area contributed by atoms with Gasteiger partial charge < -0.3 is 14.6 Å². The second-order valence-electron chi connectivity index (χ2n) is 4.46. The van der Waals surface area contributed by atoms with Crippen LogP contribution in [-0.4, -0.2) is 37.1 Å². The molecular weight excluding hydrogens is 180 g/mol. The summed E-state index contributed by atoms with van der Waals surface area (Å²) >= 11 is 0. The van der Waals surface area contributed by atoms with Gasteiger partial charge in [0.15, 0.2) is 0 Å². The predicted octanol–water partition coefficient (Wildman–Crippen LogP) is 1.34. The van der Waals surface area contributed by atoms with E-state index in [4.69, 9.17) is 9.47 Å². The lowest BCUT2D eigenvalue weighted by atomic mass is 9.77. The third kappa shape index (κ3) is 2.27. The summed E-state index contributed by atoms with van der Waals surface area (Å²) in [5.41, 5.74) is -0.472. The van der Waals surface area contributed by atoms with Crippen LogP contribution < -0.4 is 0 Å². The summed E-state index contributed by atoms with van der Waals surface area (Å²) in [6.07, 6.45) is 4.72. The lowest BCUT2D eigenvalue weighted by molar-refractivity contribution is -0.0759. The summed E-state index contributed by atoms with van der Waals surface area (Å²) in [5.74, 6) is 0.429. The molecule has 2 aliphatic rings. The molecule has 0 spiro atoms. The van der Waals surface area contributed by atoms with E-state index >= 15 is 0 Å². The molecule has 0 amide bonds. The van der Waals surface area contributed by atoms with Crippen molar-refractivity contribution in [3.8, 4) is 0 Å². The Balaban J connectivity index is 1.96. The highest BCUT2D eigenvalue weighted by molar-refractivity contribution is 4.88. The van der Waals surface area contributed by atoms with Crippen molar-refractivity contribution in [2.75, 3.05) is 26.4 Å². The van der Waals surface area contributed by atoms with Crippen molar-refractivity contribution >= 4 is 0 Å². The highest BCUT2D eigenvalue weighted by Gasteiger charge is 2.37. The molecule has 0 bridgehead atoms. The van der Waals surface area contributed by atoms with E-state index in [2.05, 4.69) is 0 Å². The van der Waals surface area contributed by atoms with Gasteiger partial charge in [-0.05, 0) is 38.0 Å². The van der Waals surface area contributed by atoms with Gasteiger partial charge >= 0.3 is 0 Å². The van der Waals surface area contributed by atoms with E-state index in [1.54, 1.807) is 0 Å². The van der Waals surface area contributed by atoms with Crippen molar-refractivity contribution in [2.45, 2.75) is 37.7 Å². The largest absolute Gasteiger partial charge is 0.390 e. The van der Waals surface area contributed by atoms with Gasteiger partial charge in [-0.15, -0.1) is 0 Å². The minimum atomic E-state index is -0.472. The number of rotatable bonds is 1. The second kappa shape index (κ2) is 4.60. The molecule has 0 aromatic carbocycles. The van der Waals surface area contributed by atoms with Gasteiger partial charge in [-0.3, -0.25) is 0 Å². The van der Waals surface area contributed by atoms with Gasteiger partial charge in [-0.1, -0.05) is 0 Å². The molecule has 0 aromatic rings. The van der Waals surface area contributed by atoms with Gasteiger partial charge in [0.1, 0.15) is 0 Å². The van der Waals surface area contributed by atoms with Crippen LogP contribution in [0.2, 0.25) is 0 Å². The van der Waals surface area contributed by atoms with Crippen molar-refractivity contribution < 1.29 is 14.6 Å². The van der Waals surface area contributed by atoms with Crippen LogP contribution in [0.15, 0.2) is 0 Å². The molecular formula is C11H20O3. The smallest absolute Gasteiger partial charge is 0.0700 e. The zero-order valence-corrected chi connectivity index (χ0v) is 8.71. The van der Waals surface area contributed by atoms with Gasteiger partial charge in [-0.2, -0.15) is 0 Å². The standard InChI is InChI=1S/C11H20O3/c12-11(4-1-6-13-9-5-11)10-2-7-14-8-3-10/h10,12H,1-9H2. The van der Waals surface area contributed by atoms with Crippen molar-refractivity contribution in [1.82, 2.24) is 0 Å². The van der Waals surface area contributed by atoms with Crippen molar-refractivity contribution in [1.29, 1.82) is 0 Å². The first-order valence-corrected chi connectivity index (χ1v) is 5.69. The van der Waals surface area contributed by atoms with Crippen LogP contribution in [0.3, 0.4) is 0 Å². The van der Waals surface area contributed by atoms with Gasteiger partial charge in [0.2, 0.25) is 0 Å². The molecule has 82 valence electrons. The molecule has 3 heteroatoms. The molecule has 0 aliphatic carbocycles. The maximum Gasteiger partial charge on any atom is 0.0700 e. The zero-order valence-electron chi connectivity index (χ0n) is 8.71. The minimum Gasteiger partial charge on any atom is -0.390 e. The average molecular weight is 200 g/mol. The van der Waals surface area contributed by atoms with E-state index in [-0.39, 0.29) is 0 Å². The predicted molar refractivity (Wildman–Crippen MR) is 53.2 cm³/mol. The monoisotopic (exact) mass is 200 g/mol. The number of ether oxygens (including phenoxy) is 2. The lowest BCUT2D eigenvalue weighted by Gasteiger charge is -2.37. The third-order valence-electron chi connectivity index (χ3n) is 3.56. The molecule has 2 fully saturated rings. The van der Waals surface area contributed by atoms with Crippen LogP contribution in [0.5, 0.6) is 0 Å². The van der Waals surface area contributed by atoms with E-state index in [1.807, 2.05) is 0 Å². The molecule has 2 aliphatic heterocycles. The van der Waals surface area contributed by atoms with Gasteiger partial charge in [0.05, 0.1) is 5.60 Å². The molecule has 0 radical (unpaired) electrons. The summed E-state index contributed by atoms with van der Waals surface area (Å²) in [6.45, 7) is 3.15. The Morgan fingerprint density at radius 1 is 0.929 bits per heavy atom. The third-order valence-corrected chi connectivity index (χ3v) is 3.56. The lowest BCUT2D eigenvalue weighted by Crippen LogP contribution is -2.41. The van der Waals surface area contributed by atoms with Crippen molar-refractivity contribution in [3.63, 3.8) is 0 Å². The SMILES string of the molecule is OC1(C2CCOCC2)CCCOCC1. The summed E-state index contributed by atoms with van der Waals surface area (Å²) in [6, 6.07) is 0. The zero-order chi connectivity index (χ0) is 9.86. The number of hydrogen-bond acceptors (Lipinski definition) is 3. The maximum absolute atomic E-state index is 10.5. The van der Waals surface area contributed by atoms with Gasteiger partial charge in [-0.25, -0.2) is 0 Å². The minimum absolute atomic E-state index is 0.429. The molecule has 1 N–H and O–H groups in total. The van der Waals surface area contributed by atoms with E-state index in [0.717, 1.165) is 51.9 Å². The van der Waals surface area contributed by atoms with Crippen LogP contribution in [0.1, 0.15) is 32.1 Å².